The Morgan fingerprint density at radius 1 is 1.15 bits per heavy atom. The molecule has 4 nitrogen and oxygen atoms in total. The van der Waals surface area contributed by atoms with Gasteiger partial charge in [0, 0.05) is 28.7 Å². The number of halogens is 1. The van der Waals surface area contributed by atoms with Crippen molar-refractivity contribution in [3.05, 3.63) is 45.9 Å². The number of nitrogens with one attached hydrogen (secondary N) is 1. The first kappa shape index (κ1) is 13.1. The molecule has 2 aromatic carbocycles. The number of ether oxygens (including phenoxy) is 1. The maximum Gasteiger partial charge on any atom is 0.127 e. The summed E-state index contributed by atoms with van der Waals surface area (Å²) in [5, 5.41) is 3.35. The summed E-state index contributed by atoms with van der Waals surface area (Å²) in [6.07, 6.45) is 0.969. The molecule has 0 saturated carbocycles. The van der Waals surface area contributed by atoms with Crippen LogP contribution in [0.25, 0.3) is 0 Å². The van der Waals surface area contributed by atoms with Crippen molar-refractivity contribution >= 4 is 33.0 Å². The van der Waals surface area contributed by atoms with Crippen LogP contribution in [0.3, 0.4) is 0 Å². The monoisotopic (exact) mass is 333 g/mol. The summed E-state index contributed by atoms with van der Waals surface area (Å²) in [5.74, 6) is 1.00. The smallest absolute Gasteiger partial charge is 0.127 e. The number of hydrogen-bond donors (Lipinski definition) is 3. The van der Waals surface area contributed by atoms with Crippen LogP contribution in [0.4, 0.5) is 17.1 Å². The molecule has 5 heteroatoms. The minimum absolute atomic E-state index is 0.589. The number of benzene rings is 2. The van der Waals surface area contributed by atoms with E-state index in [2.05, 4.69) is 33.4 Å². The molecule has 1 aliphatic rings. The van der Waals surface area contributed by atoms with Crippen molar-refractivity contribution in [1.29, 1.82) is 0 Å². The van der Waals surface area contributed by atoms with E-state index in [-0.39, 0.29) is 0 Å². The normalized spacial score (nSPS) is 12.8. The Morgan fingerprint density at radius 2 is 2.00 bits per heavy atom. The minimum atomic E-state index is 0.589. The number of nitrogens with two attached hydrogens (primary N) is 2. The Bertz CT molecular complexity index is 658. The van der Waals surface area contributed by atoms with Crippen molar-refractivity contribution in [2.75, 3.05) is 23.4 Å². The molecule has 0 radical (unpaired) electrons. The predicted molar refractivity (Wildman–Crippen MR) is 85.9 cm³/mol. The molecular weight excluding hydrogens is 318 g/mol. The molecule has 0 fully saturated rings. The summed E-state index contributed by atoms with van der Waals surface area (Å²) in [4.78, 5) is 0. The van der Waals surface area contributed by atoms with Crippen LogP contribution in [-0.2, 0) is 13.0 Å². The van der Waals surface area contributed by atoms with Gasteiger partial charge in [0.05, 0.1) is 18.0 Å². The molecule has 104 valence electrons. The Morgan fingerprint density at radius 3 is 2.80 bits per heavy atom. The third-order valence-corrected chi connectivity index (χ3v) is 3.85. The summed E-state index contributed by atoms with van der Waals surface area (Å²) < 4.78 is 6.79. The van der Waals surface area contributed by atoms with Crippen molar-refractivity contribution in [3.8, 4) is 5.75 Å². The van der Waals surface area contributed by atoms with Crippen molar-refractivity contribution < 1.29 is 4.74 Å². The van der Waals surface area contributed by atoms with E-state index in [1.165, 1.54) is 5.56 Å². The molecule has 0 aromatic heterocycles. The van der Waals surface area contributed by atoms with E-state index in [1.807, 2.05) is 12.1 Å². The third-order valence-electron chi connectivity index (χ3n) is 3.40. The molecule has 0 bridgehead atoms. The second kappa shape index (κ2) is 5.25. The van der Waals surface area contributed by atoms with Gasteiger partial charge in [0.2, 0.25) is 0 Å². The molecule has 1 aliphatic heterocycles. The Labute approximate surface area is 126 Å². The van der Waals surface area contributed by atoms with E-state index in [0.717, 1.165) is 34.5 Å². The van der Waals surface area contributed by atoms with Gasteiger partial charge in [0.15, 0.2) is 0 Å². The van der Waals surface area contributed by atoms with Crippen molar-refractivity contribution in [3.63, 3.8) is 0 Å². The van der Waals surface area contributed by atoms with Gasteiger partial charge < -0.3 is 21.5 Å². The van der Waals surface area contributed by atoms with E-state index in [9.17, 15) is 0 Å². The van der Waals surface area contributed by atoms with Crippen LogP contribution in [0.1, 0.15) is 11.1 Å². The van der Waals surface area contributed by atoms with E-state index >= 15 is 0 Å². The summed E-state index contributed by atoms with van der Waals surface area (Å²) in [6, 6.07) is 9.77. The topological polar surface area (TPSA) is 73.3 Å². The highest BCUT2D eigenvalue weighted by atomic mass is 79.9. The average Bonchev–Trinajstić information content (AvgIpc) is 2.88. The molecule has 2 aromatic rings. The van der Waals surface area contributed by atoms with E-state index < -0.39 is 0 Å². The van der Waals surface area contributed by atoms with Crippen LogP contribution >= 0.6 is 15.9 Å². The molecule has 1 heterocycles. The van der Waals surface area contributed by atoms with Crippen LogP contribution in [0.5, 0.6) is 5.75 Å². The molecule has 0 amide bonds. The summed E-state index contributed by atoms with van der Waals surface area (Å²) in [7, 11) is 0. The zero-order chi connectivity index (χ0) is 14.1. The maximum atomic E-state index is 5.81. The minimum Gasteiger partial charge on any atom is -0.493 e. The standard InChI is InChI=1S/C15H16BrN3O/c16-11-5-9-3-4-20-15(9)10(6-11)8-19-12-1-2-13(17)14(18)7-12/h1-2,5-7,19H,3-4,8,17-18H2. The molecule has 3 rings (SSSR count). The zero-order valence-corrected chi connectivity index (χ0v) is 12.5. The fourth-order valence-corrected chi connectivity index (χ4v) is 2.91. The SMILES string of the molecule is Nc1ccc(NCc2cc(Br)cc3c2OCC3)cc1N. The van der Waals surface area contributed by atoms with E-state index in [0.29, 0.717) is 17.9 Å². The molecule has 0 aliphatic carbocycles. The molecule has 0 saturated heterocycles. The first-order valence-electron chi connectivity index (χ1n) is 6.46. The number of anilines is 3. The first-order chi connectivity index (χ1) is 9.63. The van der Waals surface area contributed by atoms with E-state index in [1.54, 1.807) is 6.07 Å². The molecule has 0 spiro atoms. The summed E-state index contributed by atoms with van der Waals surface area (Å²) >= 11 is 3.54. The van der Waals surface area contributed by atoms with Crippen LogP contribution in [0.2, 0.25) is 0 Å². The first-order valence-corrected chi connectivity index (χ1v) is 7.26. The second-order valence-electron chi connectivity index (χ2n) is 4.85. The fraction of sp³-hybridized carbons (Fsp3) is 0.200. The second-order valence-corrected chi connectivity index (χ2v) is 5.76. The predicted octanol–water partition coefficient (Wildman–Crippen LogP) is 3.16. The van der Waals surface area contributed by atoms with Gasteiger partial charge >= 0.3 is 0 Å². The van der Waals surface area contributed by atoms with Gasteiger partial charge in [0.1, 0.15) is 5.75 Å². The lowest BCUT2D eigenvalue weighted by atomic mass is 10.1. The van der Waals surface area contributed by atoms with Crippen LogP contribution in [0, 0.1) is 0 Å². The van der Waals surface area contributed by atoms with Gasteiger partial charge in [-0.2, -0.15) is 0 Å². The highest BCUT2D eigenvalue weighted by Crippen LogP contribution is 2.33. The Kier molecular flexibility index (Phi) is 3.44. The highest BCUT2D eigenvalue weighted by molar-refractivity contribution is 9.10. The summed E-state index contributed by atoms with van der Waals surface area (Å²) in [5.41, 5.74) is 16.1. The highest BCUT2D eigenvalue weighted by Gasteiger charge is 2.17. The number of nitrogen functional groups attached to an aromatic ring is 2. The summed E-state index contributed by atoms with van der Waals surface area (Å²) in [6.45, 7) is 1.44. The lowest BCUT2D eigenvalue weighted by Gasteiger charge is -2.12. The van der Waals surface area contributed by atoms with Gasteiger partial charge in [-0.05, 0) is 35.9 Å². The van der Waals surface area contributed by atoms with Crippen LogP contribution in [0.15, 0.2) is 34.8 Å². The number of fused-ring (bicyclic) bond motifs is 1. The molecule has 5 N–H and O–H groups in total. The Hall–Kier alpha value is -1.88. The van der Waals surface area contributed by atoms with Crippen LogP contribution < -0.4 is 21.5 Å². The maximum absolute atomic E-state index is 5.81. The average molecular weight is 334 g/mol. The molecule has 0 unspecified atom stereocenters. The third kappa shape index (κ3) is 2.54. The van der Waals surface area contributed by atoms with Gasteiger partial charge in [-0.1, -0.05) is 15.9 Å². The van der Waals surface area contributed by atoms with Gasteiger partial charge in [-0.15, -0.1) is 0 Å². The Balaban J connectivity index is 1.80. The lowest BCUT2D eigenvalue weighted by Crippen LogP contribution is -2.03. The quantitative estimate of drug-likeness (QED) is 0.754. The lowest BCUT2D eigenvalue weighted by molar-refractivity contribution is 0.354. The number of hydrogen-bond acceptors (Lipinski definition) is 4. The van der Waals surface area contributed by atoms with Crippen molar-refractivity contribution in [1.82, 2.24) is 0 Å². The zero-order valence-electron chi connectivity index (χ0n) is 10.9. The number of rotatable bonds is 3. The van der Waals surface area contributed by atoms with Gasteiger partial charge in [0.25, 0.3) is 0 Å². The molecule has 20 heavy (non-hydrogen) atoms. The fourth-order valence-electron chi connectivity index (χ4n) is 2.36. The molecule has 0 atom stereocenters. The van der Waals surface area contributed by atoms with Crippen molar-refractivity contribution in [2.24, 2.45) is 0 Å². The van der Waals surface area contributed by atoms with Gasteiger partial charge in [-0.25, -0.2) is 0 Å². The van der Waals surface area contributed by atoms with Crippen molar-refractivity contribution in [2.45, 2.75) is 13.0 Å². The van der Waals surface area contributed by atoms with Gasteiger partial charge in [-0.3, -0.25) is 0 Å². The van der Waals surface area contributed by atoms with E-state index in [4.69, 9.17) is 16.2 Å². The largest absolute Gasteiger partial charge is 0.493 e. The molecular formula is C15H16BrN3O. The van der Waals surface area contributed by atoms with Crippen LogP contribution in [-0.4, -0.2) is 6.61 Å².